The van der Waals surface area contributed by atoms with Crippen molar-refractivity contribution in [3.05, 3.63) is 40.2 Å². The molecular formula is C22H24N6O3. The van der Waals surface area contributed by atoms with Crippen molar-refractivity contribution < 1.29 is 9.53 Å². The molecule has 1 amide bonds. The number of hydrogen-bond donors (Lipinski definition) is 1. The number of nitrogens with zero attached hydrogens (tertiary/aromatic N) is 5. The molecule has 2 N–H and O–H groups in total. The van der Waals surface area contributed by atoms with Crippen molar-refractivity contribution in [3.8, 4) is 23.6 Å². The maximum Gasteiger partial charge on any atom is 0.306 e. The Kier molecular flexibility index (Phi) is 5.62. The average molecular weight is 420 g/mol. The van der Waals surface area contributed by atoms with E-state index in [1.165, 1.54) is 11.0 Å². The zero-order chi connectivity index (χ0) is 22.0. The topological polar surface area (TPSA) is 108 Å². The molecule has 0 saturated carbocycles. The van der Waals surface area contributed by atoms with Gasteiger partial charge in [-0.2, -0.15) is 9.97 Å². The van der Waals surface area contributed by atoms with E-state index < -0.39 is 5.91 Å². The van der Waals surface area contributed by atoms with Crippen molar-refractivity contribution in [2.45, 2.75) is 32.7 Å². The molecule has 0 spiro atoms. The van der Waals surface area contributed by atoms with E-state index in [-0.39, 0.29) is 28.5 Å². The lowest BCUT2D eigenvalue weighted by Crippen LogP contribution is -2.32. The van der Waals surface area contributed by atoms with Crippen molar-refractivity contribution >= 4 is 23.0 Å². The van der Waals surface area contributed by atoms with Crippen LogP contribution in [0.15, 0.2) is 29.1 Å². The van der Waals surface area contributed by atoms with Crippen molar-refractivity contribution in [2.75, 3.05) is 18.0 Å². The number of carbonyl (C=O) groups is 1. The Morgan fingerprint density at radius 3 is 2.65 bits per heavy atom. The van der Waals surface area contributed by atoms with Gasteiger partial charge in [-0.05, 0) is 38.3 Å². The van der Waals surface area contributed by atoms with Gasteiger partial charge in [0.2, 0.25) is 5.95 Å². The second kappa shape index (κ2) is 8.52. The molecule has 1 fully saturated rings. The molecule has 9 nitrogen and oxygen atoms in total. The second-order valence-corrected chi connectivity index (χ2v) is 7.37. The zero-order valence-corrected chi connectivity index (χ0v) is 17.6. The summed E-state index contributed by atoms with van der Waals surface area (Å²) in [6, 6.07) is 6.59. The lowest BCUT2D eigenvalue weighted by molar-refractivity contribution is 0.0998. The average Bonchev–Trinajstić information content (AvgIpc) is 3.15. The summed E-state index contributed by atoms with van der Waals surface area (Å²) in [5.74, 6) is 6.20. The molecule has 0 aliphatic carbocycles. The molecule has 3 aromatic rings. The number of para-hydroxylation sites is 1. The van der Waals surface area contributed by atoms with E-state index in [4.69, 9.17) is 10.5 Å². The number of carbonyl (C=O) groups excluding carboxylic acids is 1. The molecule has 31 heavy (non-hydrogen) atoms. The van der Waals surface area contributed by atoms with Crippen LogP contribution >= 0.6 is 0 Å². The number of hydrogen-bond acceptors (Lipinski definition) is 6. The molecular weight excluding hydrogens is 396 g/mol. The Bertz CT molecular complexity index is 1260. The molecule has 3 heterocycles. The predicted molar refractivity (Wildman–Crippen MR) is 117 cm³/mol. The first-order valence-corrected chi connectivity index (χ1v) is 10.2. The highest BCUT2D eigenvalue weighted by Crippen LogP contribution is 2.26. The first-order valence-electron chi connectivity index (χ1n) is 10.2. The smallest absolute Gasteiger partial charge is 0.306 e. The standard InChI is InChI=1S/C22H24N6O3/c1-3-4-14-28-17-19(24-21(28)27-12-8-5-9-13-27)25-22(26(2)20(17)30)31-16-11-7-6-10-15(16)18(23)29/h6-7,10-11H,5,8-9,12-14H2,1-2H3,(H2,23,29). The summed E-state index contributed by atoms with van der Waals surface area (Å²) in [5.41, 5.74) is 6.00. The Morgan fingerprint density at radius 2 is 1.94 bits per heavy atom. The normalized spacial score (nSPS) is 13.7. The molecule has 0 radical (unpaired) electrons. The zero-order valence-electron chi connectivity index (χ0n) is 17.6. The van der Waals surface area contributed by atoms with E-state index in [0.717, 1.165) is 25.9 Å². The molecule has 1 aliphatic heterocycles. The van der Waals surface area contributed by atoms with E-state index in [2.05, 4.69) is 26.7 Å². The Labute approximate surface area is 179 Å². The molecule has 4 rings (SSSR count). The van der Waals surface area contributed by atoms with E-state index in [1.54, 1.807) is 38.2 Å². The van der Waals surface area contributed by atoms with Crippen LogP contribution in [-0.2, 0) is 13.6 Å². The third-order valence-corrected chi connectivity index (χ3v) is 5.33. The highest BCUT2D eigenvalue weighted by atomic mass is 16.5. The highest BCUT2D eigenvalue weighted by molar-refractivity contribution is 5.95. The maximum absolute atomic E-state index is 13.3. The van der Waals surface area contributed by atoms with Crippen LogP contribution in [0.1, 0.15) is 36.5 Å². The number of benzene rings is 1. The molecule has 9 heteroatoms. The highest BCUT2D eigenvalue weighted by Gasteiger charge is 2.24. The van der Waals surface area contributed by atoms with Crippen molar-refractivity contribution in [1.29, 1.82) is 0 Å². The maximum atomic E-state index is 13.3. The summed E-state index contributed by atoms with van der Waals surface area (Å²) in [6.45, 7) is 3.86. The van der Waals surface area contributed by atoms with Gasteiger partial charge in [0.25, 0.3) is 11.5 Å². The monoisotopic (exact) mass is 420 g/mol. The van der Waals surface area contributed by atoms with Crippen LogP contribution in [-0.4, -0.2) is 38.1 Å². The number of ether oxygens (including phenoxy) is 1. The first kappa shape index (κ1) is 20.5. The van der Waals surface area contributed by atoms with Crippen molar-refractivity contribution in [1.82, 2.24) is 19.1 Å². The summed E-state index contributed by atoms with van der Waals surface area (Å²) in [6.07, 6.45) is 3.33. The van der Waals surface area contributed by atoms with Crippen LogP contribution in [0.2, 0.25) is 0 Å². The van der Waals surface area contributed by atoms with Gasteiger partial charge in [0.05, 0.1) is 12.1 Å². The summed E-state index contributed by atoms with van der Waals surface area (Å²) >= 11 is 0. The number of primary amides is 1. The first-order chi connectivity index (χ1) is 15.0. The fourth-order valence-electron chi connectivity index (χ4n) is 3.72. The second-order valence-electron chi connectivity index (χ2n) is 7.37. The van der Waals surface area contributed by atoms with Gasteiger partial charge in [0, 0.05) is 20.1 Å². The number of piperidine rings is 1. The lowest BCUT2D eigenvalue weighted by atomic mass is 10.1. The van der Waals surface area contributed by atoms with Crippen LogP contribution in [0.25, 0.3) is 11.2 Å². The fraction of sp³-hybridized carbons (Fsp3) is 0.364. The molecule has 2 aromatic heterocycles. The fourth-order valence-corrected chi connectivity index (χ4v) is 3.72. The van der Waals surface area contributed by atoms with E-state index >= 15 is 0 Å². The molecule has 0 unspecified atom stereocenters. The van der Waals surface area contributed by atoms with Crippen LogP contribution in [0.5, 0.6) is 11.8 Å². The SMILES string of the molecule is CC#CCn1c(N2CCCCC2)nc2nc(Oc3ccccc3C(N)=O)n(C)c(=O)c21. The van der Waals surface area contributed by atoms with Crippen molar-refractivity contribution in [2.24, 2.45) is 12.8 Å². The summed E-state index contributed by atoms with van der Waals surface area (Å²) in [7, 11) is 1.57. The van der Waals surface area contributed by atoms with E-state index in [0.29, 0.717) is 18.0 Å². The van der Waals surface area contributed by atoms with Gasteiger partial charge in [0.15, 0.2) is 11.2 Å². The Morgan fingerprint density at radius 1 is 1.19 bits per heavy atom. The number of fused-ring (bicyclic) bond motifs is 1. The molecule has 1 aromatic carbocycles. The van der Waals surface area contributed by atoms with Gasteiger partial charge in [-0.1, -0.05) is 18.1 Å². The molecule has 160 valence electrons. The van der Waals surface area contributed by atoms with Crippen molar-refractivity contribution in [3.63, 3.8) is 0 Å². The molecule has 1 saturated heterocycles. The van der Waals surface area contributed by atoms with Crippen LogP contribution in [0, 0.1) is 11.8 Å². The van der Waals surface area contributed by atoms with Gasteiger partial charge >= 0.3 is 6.01 Å². The Hall–Kier alpha value is -3.80. The third kappa shape index (κ3) is 3.84. The summed E-state index contributed by atoms with van der Waals surface area (Å²) in [4.78, 5) is 36.3. The van der Waals surface area contributed by atoms with Gasteiger partial charge in [0.1, 0.15) is 5.75 Å². The minimum Gasteiger partial charge on any atom is -0.425 e. The van der Waals surface area contributed by atoms with E-state index in [9.17, 15) is 9.59 Å². The lowest BCUT2D eigenvalue weighted by Gasteiger charge is -2.27. The van der Waals surface area contributed by atoms with Gasteiger partial charge in [-0.3, -0.25) is 18.7 Å². The van der Waals surface area contributed by atoms with Crippen LogP contribution in [0.4, 0.5) is 5.95 Å². The summed E-state index contributed by atoms with van der Waals surface area (Å²) in [5, 5.41) is 0. The summed E-state index contributed by atoms with van der Waals surface area (Å²) < 4.78 is 8.96. The number of imidazole rings is 1. The minimum absolute atomic E-state index is 0.0302. The molecule has 1 aliphatic rings. The van der Waals surface area contributed by atoms with Gasteiger partial charge in [-0.25, -0.2) is 0 Å². The van der Waals surface area contributed by atoms with Crippen LogP contribution in [0.3, 0.4) is 0 Å². The molecule has 0 atom stereocenters. The third-order valence-electron chi connectivity index (χ3n) is 5.33. The van der Waals surface area contributed by atoms with Gasteiger partial charge in [-0.15, -0.1) is 5.92 Å². The number of amides is 1. The quantitative estimate of drug-likeness (QED) is 0.633. The van der Waals surface area contributed by atoms with Crippen LogP contribution < -0.4 is 20.9 Å². The largest absolute Gasteiger partial charge is 0.425 e. The minimum atomic E-state index is -0.628. The number of rotatable bonds is 5. The number of anilines is 1. The van der Waals surface area contributed by atoms with Gasteiger partial charge < -0.3 is 15.4 Å². The Balaban J connectivity index is 1.85. The number of aromatic nitrogens is 4. The molecule has 0 bridgehead atoms. The van der Waals surface area contributed by atoms with E-state index in [1.807, 2.05) is 4.57 Å². The number of nitrogens with two attached hydrogens (primary N) is 1. The predicted octanol–water partition coefficient (Wildman–Crippen LogP) is 2.03.